The number of aromatic nitrogens is 6. The van der Waals surface area contributed by atoms with E-state index in [4.69, 9.17) is 4.98 Å². The van der Waals surface area contributed by atoms with Crippen LogP contribution in [0.4, 0.5) is 0 Å². The molecule has 0 unspecified atom stereocenters. The lowest BCUT2D eigenvalue weighted by atomic mass is 9.77. The van der Waals surface area contributed by atoms with Gasteiger partial charge in [-0.15, -0.1) is 0 Å². The Balaban J connectivity index is 1.46. The number of hydrogen-bond acceptors (Lipinski definition) is 4. The first-order chi connectivity index (χ1) is 21.1. The third-order valence-electron chi connectivity index (χ3n) is 7.75. The van der Waals surface area contributed by atoms with Gasteiger partial charge in [0, 0.05) is 19.3 Å². The molecule has 0 aliphatic heterocycles. The van der Waals surface area contributed by atoms with Crippen LogP contribution in [0.3, 0.4) is 0 Å². The van der Waals surface area contributed by atoms with Crippen molar-refractivity contribution < 1.29 is 0 Å². The lowest BCUT2D eigenvalue weighted by Gasteiger charge is -2.37. The highest BCUT2D eigenvalue weighted by Crippen LogP contribution is 2.40. The van der Waals surface area contributed by atoms with Gasteiger partial charge in [-0.3, -0.25) is 13.9 Å². The summed E-state index contributed by atoms with van der Waals surface area (Å²) in [6, 6.07) is 31.3. The van der Waals surface area contributed by atoms with Crippen LogP contribution >= 0.6 is 0 Å². The number of imidazole rings is 2. The summed E-state index contributed by atoms with van der Waals surface area (Å²) in [5.74, 6) is 0.487. The highest BCUT2D eigenvalue weighted by molar-refractivity contribution is 5.75. The van der Waals surface area contributed by atoms with Crippen molar-refractivity contribution in [1.82, 2.24) is 28.7 Å². The van der Waals surface area contributed by atoms with E-state index in [1.54, 1.807) is 10.6 Å². The van der Waals surface area contributed by atoms with Gasteiger partial charge in [0.2, 0.25) is 0 Å². The van der Waals surface area contributed by atoms with E-state index >= 15 is 0 Å². The number of nitrogens with zero attached hydrogens (tertiary/aromatic N) is 5. The van der Waals surface area contributed by atoms with Crippen LogP contribution in [-0.2, 0) is 18.6 Å². The van der Waals surface area contributed by atoms with Crippen molar-refractivity contribution in [2.45, 2.75) is 45.3 Å². The van der Waals surface area contributed by atoms with Gasteiger partial charge < -0.3 is 9.55 Å². The van der Waals surface area contributed by atoms with Crippen molar-refractivity contribution in [3.63, 3.8) is 0 Å². The molecule has 0 radical (unpaired) electrons. The van der Waals surface area contributed by atoms with E-state index in [2.05, 4.69) is 87.3 Å². The van der Waals surface area contributed by atoms with E-state index in [-0.39, 0.29) is 11.2 Å². The van der Waals surface area contributed by atoms with E-state index in [0.717, 1.165) is 28.8 Å². The molecule has 43 heavy (non-hydrogen) atoms. The summed E-state index contributed by atoms with van der Waals surface area (Å²) in [5.41, 5.74) is 3.43. The molecule has 3 aromatic carbocycles. The molecule has 6 aromatic rings. The third-order valence-corrected chi connectivity index (χ3v) is 7.75. The molecule has 6 rings (SSSR count). The molecule has 0 spiro atoms. The first-order valence-corrected chi connectivity index (χ1v) is 14.7. The van der Waals surface area contributed by atoms with Crippen LogP contribution < -0.4 is 11.2 Å². The Bertz CT molecular complexity index is 1890. The summed E-state index contributed by atoms with van der Waals surface area (Å²) in [6.07, 6.45) is 8.98. The van der Waals surface area contributed by atoms with Gasteiger partial charge in [-0.05, 0) is 41.7 Å². The van der Waals surface area contributed by atoms with Crippen LogP contribution in [0.5, 0.6) is 0 Å². The van der Waals surface area contributed by atoms with Gasteiger partial charge in [0.15, 0.2) is 5.65 Å². The number of rotatable bonds is 10. The highest BCUT2D eigenvalue weighted by Gasteiger charge is 2.38. The van der Waals surface area contributed by atoms with Gasteiger partial charge in [0.05, 0.1) is 12.0 Å². The zero-order valence-electron chi connectivity index (χ0n) is 24.4. The Labute approximate surface area is 249 Å². The average Bonchev–Trinajstić information content (AvgIpc) is 3.70. The zero-order chi connectivity index (χ0) is 29.8. The predicted molar refractivity (Wildman–Crippen MR) is 171 cm³/mol. The van der Waals surface area contributed by atoms with E-state index in [1.807, 2.05) is 50.6 Å². The fourth-order valence-corrected chi connectivity index (χ4v) is 5.87. The van der Waals surface area contributed by atoms with Crippen LogP contribution in [0.2, 0.25) is 0 Å². The Kier molecular flexibility index (Phi) is 7.75. The summed E-state index contributed by atoms with van der Waals surface area (Å²) < 4.78 is 5.03. The number of aromatic amines is 1. The molecule has 0 fully saturated rings. The van der Waals surface area contributed by atoms with Gasteiger partial charge in [0.25, 0.3) is 5.56 Å². The van der Waals surface area contributed by atoms with Crippen molar-refractivity contribution in [1.29, 1.82) is 0 Å². The van der Waals surface area contributed by atoms with E-state index in [9.17, 15) is 9.59 Å². The van der Waals surface area contributed by atoms with Crippen LogP contribution in [0, 0.1) is 0 Å². The number of H-pyrrole nitrogens is 1. The third kappa shape index (κ3) is 4.95. The maximum atomic E-state index is 13.1. The van der Waals surface area contributed by atoms with Crippen LogP contribution in [0.15, 0.2) is 113 Å². The minimum absolute atomic E-state index is 0.318. The Hall–Kier alpha value is -5.24. The number of nitrogens with one attached hydrogen (secondary N) is 1. The smallest absolute Gasteiger partial charge is 0.332 e. The van der Waals surface area contributed by atoms with Crippen molar-refractivity contribution >= 4 is 23.3 Å². The number of hydrogen-bond donors (Lipinski definition) is 1. The minimum atomic E-state index is -0.664. The Morgan fingerprint density at radius 2 is 1.28 bits per heavy atom. The van der Waals surface area contributed by atoms with Gasteiger partial charge in [-0.2, -0.15) is 0 Å². The maximum Gasteiger partial charge on any atom is 0.332 e. The SMILES string of the molecule is CCCn1c(=O)c2[nH]c(/C=C/c3cn(C(c4ccccc4)(c4ccccc4)c4ccccc4)cn3)nc2n(CCC)c1=O. The molecule has 0 atom stereocenters. The average molecular weight is 571 g/mol. The zero-order valence-corrected chi connectivity index (χ0v) is 24.4. The second-order valence-electron chi connectivity index (χ2n) is 10.6. The molecule has 8 nitrogen and oxygen atoms in total. The van der Waals surface area contributed by atoms with Crippen molar-refractivity contribution in [2.75, 3.05) is 0 Å². The van der Waals surface area contributed by atoms with Crippen molar-refractivity contribution in [2.24, 2.45) is 0 Å². The molecule has 0 amide bonds. The largest absolute Gasteiger partial charge is 0.333 e. The van der Waals surface area contributed by atoms with Gasteiger partial charge >= 0.3 is 5.69 Å². The number of aryl methyl sites for hydroxylation is 1. The fraction of sp³-hybridized carbons (Fsp3) is 0.200. The molecule has 1 N–H and O–H groups in total. The van der Waals surface area contributed by atoms with Crippen LogP contribution in [0.1, 0.15) is 54.9 Å². The molecule has 3 heterocycles. The van der Waals surface area contributed by atoms with Gasteiger partial charge in [0.1, 0.15) is 16.9 Å². The summed E-state index contributed by atoms with van der Waals surface area (Å²) in [4.78, 5) is 38.7. The summed E-state index contributed by atoms with van der Waals surface area (Å²) in [5, 5.41) is 0. The molecule has 8 heteroatoms. The van der Waals surface area contributed by atoms with E-state index in [1.165, 1.54) is 4.57 Å². The molecular weight excluding hydrogens is 536 g/mol. The van der Waals surface area contributed by atoms with E-state index in [0.29, 0.717) is 36.5 Å². The number of benzene rings is 3. The van der Waals surface area contributed by atoms with Crippen LogP contribution in [-0.4, -0.2) is 28.7 Å². The fourth-order valence-electron chi connectivity index (χ4n) is 5.87. The first-order valence-electron chi connectivity index (χ1n) is 14.7. The molecule has 0 aliphatic rings. The van der Waals surface area contributed by atoms with Gasteiger partial charge in [-0.1, -0.05) is 105 Å². The standard InChI is InChI=1S/C35H34N6O2/c1-3-22-40-32-31(33(42)41(23-4-2)34(40)43)37-30(38-32)21-20-29-24-39(25-36-29)35(26-14-8-5-9-15-26,27-16-10-6-11-17-27)28-18-12-7-13-19-28/h5-21,24-25H,3-4,22-23H2,1-2H3,(H,37,38)/b21-20+. The first kappa shape index (κ1) is 27.9. The Morgan fingerprint density at radius 1 is 0.744 bits per heavy atom. The lowest BCUT2D eigenvalue weighted by molar-refractivity contribution is 0.514. The summed E-state index contributed by atoms with van der Waals surface area (Å²) >= 11 is 0. The summed E-state index contributed by atoms with van der Waals surface area (Å²) in [7, 11) is 0. The molecule has 3 aromatic heterocycles. The normalized spacial score (nSPS) is 12.0. The second-order valence-corrected chi connectivity index (χ2v) is 10.6. The van der Waals surface area contributed by atoms with Crippen molar-refractivity contribution in [3.8, 4) is 0 Å². The predicted octanol–water partition coefficient (Wildman–Crippen LogP) is 5.91. The monoisotopic (exact) mass is 570 g/mol. The van der Waals surface area contributed by atoms with E-state index < -0.39 is 5.54 Å². The molecular formula is C35H34N6O2. The Morgan fingerprint density at radius 3 is 1.81 bits per heavy atom. The molecule has 0 aliphatic carbocycles. The molecule has 0 saturated heterocycles. The second kappa shape index (κ2) is 11.9. The van der Waals surface area contributed by atoms with Crippen molar-refractivity contribution in [3.05, 3.63) is 153 Å². The molecule has 0 bridgehead atoms. The lowest BCUT2D eigenvalue weighted by Crippen LogP contribution is -2.40. The van der Waals surface area contributed by atoms with Crippen LogP contribution in [0.25, 0.3) is 23.3 Å². The minimum Gasteiger partial charge on any atom is -0.333 e. The quantitative estimate of drug-likeness (QED) is 0.207. The topological polar surface area (TPSA) is 90.5 Å². The highest BCUT2D eigenvalue weighted by atomic mass is 16.2. The van der Waals surface area contributed by atoms with Gasteiger partial charge in [-0.25, -0.2) is 14.8 Å². The number of fused-ring (bicyclic) bond motifs is 1. The maximum absolute atomic E-state index is 13.1. The molecule has 216 valence electrons. The summed E-state index contributed by atoms with van der Waals surface area (Å²) in [6.45, 7) is 4.80. The molecule has 0 saturated carbocycles.